The Morgan fingerprint density at radius 2 is 1.71 bits per heavy atom. The first-order valence-corrected chi connectivity index (χ1v) is 8.24. The van der Waals surface area contributed by atoms with Gasteiger partial charge in [-0.15, -0.1) is 6.58 Å². The highest BCUT2D eigenvalue weighted by Gasteiger charge is 2.16. The molecule has 0 amide bonds. The maximum Gasteiger partial charge on any atom is 0.171 e. The van der Waals surface area contributed by atoms with Gasteiger partial charge in [-0.1, -0.05) is 52.0 Å². The van der Waals surface area contributed by atoms with Gasteiger partial charge >= 0.3 is 0 Å². The average molecular weight is 305 g/mol. The summed E-state index contributed by atoms with van der Waals surface area (Å²) < 4.78 is 0. The van der Waals surface area contributed by atoms with Crippen LogP contribution in [0, 0.1) is 0 Å². The smallest absolute Gasteiger partial charge is 0.171 e. The molecule has 2 unspecified atom stereocenters. The van der Waals surface area contributed by atoms with E-state index in [1.165, 1.54) is 16.8 Å². The van der Waals surface area contributed by atoms with E-state index in [1.807, 2.05) is 6.08 Å². The fourth-order valence-electron chi connectivity index (χ4n) is 2.32. The van der Waals surface area contributed by atoms with Crippen LogP contribution in [0.25, 0.3) is 0 Å². The zero-order chi connectivity index (χ0) is 15.8. The lowest BCUT2D eigenvalue weighted by atomic mass is 9.89. The van der Waals surface area contributed by atoms with Gasteiger partial charge in [0.15, 0.2) is 5.11 Å². The summed E-state index contributed by atoms with van der Waals surface area (Å²) in [5, 5.41) is 7.23. The molecule has 1 aromatic rings. The van der Waals surface area contributed by atoms with E-state index in [9.17, 15) is 0 Å². The Bertz CT molecular complexity index is 454. The number of anilines is 1. The van der Waals surface area contributed by atoms with Crippen molar-refractivity contribution in [3.8, 4) is 0 Å². The van der Waals surface area contributed by atoms with Gasteiger partial charge in [-0.25, -0.2) is 0 Å². The molecule has 0 saturated heterocycles. The molecule has 0 spiro atoms. The van der Waals surface area contributed by atoms with Crippen molar-refractivity contribution in [3.05, 3.63) is 42.0 Å². The lowest BCUT2D eigenvalue weighted by molar-refractivity contribution is 0.715. The average Bonchev–Trinajstić information content (AvgIpc) is 2.51. The third-order valence-electron chi connectivity index (χ3n) is 4.06. The van der Waals surface area contributed by atoms with Crippen LogP contribution in [0.5, 0.6) is 0 Å². The summed E-state index contributed by atoms with van der Waals surface area (Å²) in [6.45, 7) is 13.4. The predicted octanol–water partition coefficient (Wildman–Crippen LogP) is 5.19. The van der Waals surface area contributed by atoms with Crippen molar-refractivity contribution in [1.82, 2.24) is 5.32 Å². The van der Waals surface area contributed by atoms with Crippen LogP contribution in [0.3, 0.4) is 0 Å². The monoisotopic (exact) mass is 304 g/mol. The predicted molar refractivity (Wildman–Crippen MR) is 98.3 cm³/mol. The number of hydrogen-bond acceptors (Lipinski definition) is 1. The van der Waals surface area contributed by atoms with Crippen LogP contribution in [0.4, 0.5) is 5.69 Å². The van der Waals surface area contributed by atoms with Crippen LogP contribution < -0.4 is 10.6 Å². The van der Waals surface area contributed by atoms with Crippen molar-refractivity contribution in [2.24, 2.45) is 0 Å². The normalized spacial score (nSPS) is 13.3. The Hall–Kier alpha value is -1.35. The molecule has 2 atom stereocenters. The molecule has 0 aliphatic heterocycles. The first-order valence-electron chi connectivity index (χ1n) is 7.83. The lowest BCUT2D eigenvalue weighted by Gasteiger charge is -2.23. The highest BCUT2D eigenvalue weighted by molar-refractivity contribution is 7.80. The van der Waals surface area contributed by atoms with Crippen LogP contribution in [0.2, 0.25) is 0 Å². The minimum atomic E-state index is 0.513. The fourth-order valence-corrected chi connectivity index (χ4v) is 2.50. The van der Waals surface area contributed by atoms with Gasteiger partial charge in [0.2, 0.25) is 0 Å². The number of para-hydroxylation sites is 1. The molecule has 1 rings (SSSR count). The summed E-state index contributed by atoms with van der Waals surface area (Å²) in [6, 6.07) is 6.57. The first kappa shape index (κ1) is 17.7. The third-order valence-corrected chi connectivity index (χ3v) is 4.31. The van der Waals surface area contributed by atoms with Crippen LogP contribution in [-0.4, -0.2) is 11.7 Å². The molecule has 21 heavy (non-hydrogen) atoms. The topological polar surface area (TPSA) is 24.1 Å². The van der Waals surface area contributed by atoms with Crippen LogP contribution in [0.15, 0.2) is 30.9 Å². The van der Waals surface area contributed by atoms with Crippen molar-refractivity contribution >= 4 is 23.0 Å². The molecule has 0 aromatic heterocycles. The number of hydrogen-bond donors (Lipinski definition) is 2. The third kappa shape index (κ3) is 4.85. The number of thiocarbonyl (C=S) groups is 1. The minimum Gasteiger partial charge on any atom is -0.359 e. The number of nitrogens with one attached hydrogen (secondary N) is 2. The second-order valence-electron chi connectivity index (χ2n) is 5.55. The van der Waals surface area contributed by atoms with Crippen LogP contribution in [-0.2, 0) is 0 Å². The van der Waals surface area contributed by atoms with Gasteiger partial charge < -0.3 is 10.6 Å². The second-order valence-corrected chi connectivity index (χ2v) is 5.96. The molecule has 0 fully saturated rings. The fraction of sp³-hybridized carbons (Fsp3) is 0.500. The highest BCUT2D eigenvalue weighted by Crippen LogP contribution is 2.34. The Morgan fingerprint density at radius 1 is 1.19 bits per heavy atom. The maximum absolute atomic E-state index is 5.40. The summed E-state index contributed by atoms with van der Waals surface area (Å²) in [4.78, 5) is 0. The Morgan fingerprint density at radius 3 is 2.14 bits per heavy atom. The maximum atomic E-state index is 5.40. The Labute approximate surface area is 135 Å². The van der Waals surface area contributed by atoms with E-state index in [0.717, 1.165) is 12.8 Å². The van der Waals surface area contributed by atoms with Crippen molar-refractivity contribution in [2.45, 2.75) is 52.4 Å². The molecular formula is C18H28N2S. The van der Waals surface area contributed by atoms with Crippen molar-refractivity contribution < 1.29 is 0 Å². The summed E-state index contributed by atoms with van der Waals surface area (Å²) in [5.74, 6) is 1.03. The molecule has 0 bridgehead atoms. The molecule has 1 aromatic carbocycles. The van der Waals surface area contributed by atoms with E-state index >= 15 is 0 Å². The Balaban J connectivity index is 3.15. The summed E-state index contributed by atoms with van der Waals surface area (Å²) in [7, 11) is 0. The van der Waals surface area contributed by atoms with Gasteiger partial charge in [-0.05, 0) is 48.0 Å². The number of rotatable bonds is 7. The second kappa shape index (κ2) is 8.83. The zero-order valence-corrected chi connectivity index (χ0v) is 14.5. The van der Waals surface area contributed by atoms with E-state index in [4.69, 9.17) is 12.2 Å². The van der Waals surface area contributed by atoms with Gasteiger partial charge in [0, 0.05) is 12.2 Å². The summed E-state index contributed by atoms with van der Waals surface area (Å²) in [5.41, 5.74) is 3.87. The molecule has 0 radical (unpaired) electrons. The van der Waals surface area contributed by atoms with Crippen molar-refractivity contribution in [1.29, 1.82) is 0 Å². The van der Waals surface area contributed by atoms with Gasteiger partial charge in [0.25, 0.3) is 0 Å². The van der Waals surface area contributed by atoms with E-state index in [1.54, 1.807) is 0 Å². The summed E-state index contributed by atoms with van der Waals surface area (Å²) >= 11 is 5.40. The van der Waals surface area contributed by atoms with E-state index in [-0.39, 0.29) is 0 Å². The van der Waals surface area contributed by atoms with Crippen LogP contribution in [0.1, 0.15) is 63.5 Å². The largest absolute Gasteiger partial charge is 0.359 e. The van der Waals surface area contributed by atoms with E-state index in [0.29, 0.717) is 23.5 Å². The minimum absolute atomic E-state index is 0.513. The van der Waals surface area contributed by atoms with Crippen molar-refractivity contribution in [3.63, 3.8) is 0 Å². The molecular weight excluding hydrogens is 276 g/mol. The van der Waals surface area contributed by atoms with Gasteiger partial charge in [-0.3, -0.25) is 0 Å². The standard InChI is InChI=1S/C18H28N2S/c1-6-12-19-18(21)20-17-15(13(4)7-2)10-9-11-16(17)14(5)8-3/h6,9-11,13-14H,1,7-8,12H2,2-5H3,(H2,19,20,21). The first-order chi connectivity index (χ1) is 10.0. The molecule has 116 valence electrons. The zero-order valence-electron chi connectivity index (χ0n) is 13.7. The molecule has 0 aliphatic carbocycles. The molecule has 2 nitrogen and oxygen atoms in total. The van der Waals surface area contributed by atoms with E-state index in [2.05, 4.69) is 63.1 Å². The summed E-state index contributed by atoms with van der Waals surface area (Å²) in [6.07, 6.45) is 4.04. The highest BCUT2D eigenvalue weighted by atomic mass is 32.1. The molecule has 3 heteroatoms. The quantitative estimate of drug-likeness (QED) is 0.536. The van der Waals surface area contributed by atoms with Gasteiger partial charge in [0.1, 0.15) is 0 Å². The van der Waals surface area contributed by atoms with Gasteiger partial charge in [-0.2, -0.15) is 0 Å². The molecule has 0 aliphatic rings. The number of benzene rings is 1. The molecule has 0 saturated carbocycles. The lowest BCUT2D eigenvalue weighted by Crippen LogP contribution is -2.29. The van der Waals surface area contributed by atoms with E-state index < -0.39 is 0 Å². The van der Waals surface area contributed by atoms with Crippen LogP contribution >= 0.6 is 12.2 Å². The molecule has 2 N–H and O–H groups in total. The van der Waals surface area contributed by atoms with Crippen molar-refractivity contribution in [2.75, 3.05) is 11.9 Å². The SMILES string of the molecule is C=CCNC(=S)Nc1c(C(C)CC)cccc1C(C)CC. The Kier molecular flexibility index (Phi) is 7.44. The van der Waals surface area contributed by atoms with Gasteiger partial charge in [0.05, 0.1) is 0 Å². The molecule has 0 heterocycles.